The maximum Gasteiger partial charge on any atom is 0.333 e. The summed E-state index contributed by atoms with van der Waals surface area (Å²) in [6.07, 6.45) is 5.89. The number of carbonyl (C=O) groups is 1. The van der Waals surface area contributed by atoms with E-state index < -0.39 is 0 Å². The molecule has 17 heavy (non-hydrogen) atoms. The number of fused-ring (bicyclic) bond motifs is 1. The Morgan fingerprint density at radius 3 is 2.53 bits per heavy atom. The number of carbonyl (C=O) groups excluding carboxylic acids is 1. The van der Waals surface area contributed by atoms with Crippen molar-refractivity contribution in [3.63, 3.8) is 0 Å². The first-order chi connectivity index (χ1) is 8.09. The molecule has 4 atom stereocenters. The van der Waals surface area contributed by atoms with Crippen LogP contribution in [0.5, 0.6) is 0 Å². The average Bonchev–Trinajstić information content (AvgIpc) is 2.30. The van der Waals surface area contributed by atoms with Crippen molar-refractivity contribution in [2.45, 2.75) is 57.7 Å². The highest BCUT2D eigenvalue weighted by Crippen LogP contribution is 2.42. The predicted octanol–water partition coefficient (Wildman–Crippen LogP) is 2.44. The minimum Gasteiger partial charge on any atom is -0.459 e. The summed E-state index contributed by atoms with van der Waals surface area (Å²) in [6, 6.07) is 0. The van der Waals surface area contributed by atoms with E-state index in [2.05, 4.69) is 6.58 Å². The molecule has 1 N–H and O–H groups in total. The van der Waals surface area contributed by atoms with E-state index in [4.69, 9.17) is 4.74 Å². The fourth-order valence-electron chi connectivity index (χ4n) is 3.30. The van der Waals surface area contributed by atoms with Gasteiger partial charge in [0.15, 0.2) is 0 Å². The van der Waals surface area contributed by atoms with Gasteiger partial charge in [-0.1, -0.05) is 13.0 Å². The molecule has 2 aliphatic rings. The molecule has 4 unspecified atom stereocenters. The van der Waals surface area contributed by atoms with Crippen molar-refractivity contribution >= 4 is 5.97 Å². The van der Waals surface area contributed by atoms with Crippen LogP contribution in [-0.2, 0) is 9.53 Å². The first-order valence-corrected chi connectivity index (χ1v) is 6.64. The van der Waals surface area contributed by atoms with E-state index in [1.54, 1.807) is 6.92 Å². The normalized spacial score (nSPS) is 37.1. The van der Waals surface area contributed by atoms with E-state index in [1.165, 1.54) is 0 Å². The quantitative estimate of drug-likeness (QED) is 0.593. The third kappa shape index (κ3) is 2.71. The standard InChI is InChI=1S/C14H22O3/c1-9(2)14(16)17-13-8-4-5-10-11(13)6-3-7-12(10)15/h10-13,15H,1,3-8H2,2H3. The number of esters is 1. The van der Waals surface area contributed by atoms with E-state index in [0.717, 1.165) is 38.5 Å². The first kappa shape index (κ1) is 12.6. The lowest BCUT2D eigenvalue weighted by atomic mass is 9.68. The third-order valence-corrected chi connectivity index (χ3v) is 4.19. The second kappa shape index (κ2) is 5.21. The van der Waals surface area contributed by atoms with Crippen molar-refractivity contribution in [2.75, 3.05) is 0 Å². The van der Waals surface area contributed by atoms with Crippen LogP contribution < -0.4 is 0 Å². The minimum atomic E-state index is -0.282. The Morgan fingerprint density at radius 2 is 1.82 bits per heavy atom. The van der Waals surface area contributed by atoms with Crippen molar-refractivity contribution in [3.05, 3.63) is 12.2 Å². The smallest absolute Gasteiger partial charge is 0.333 e. The highest BCUT2D eigenvalue weighted by Gasteiger charge is 2.41. The van der Waals surface area contributed by atoms with Crippen molar-refractivity contribution in [1.82, 2.24) is 0 Å². The molecule has 0 bridgehead atoms. The highest BCUT2D eigenvalue weighted by atomic mass is 16.5. The van der Waals surface area contributed by atoms with Gasteiger partial charge in [0, 0.05) is 11.5 Å². The van der Waals surface area contributed by atoms with Gasteiger partial charge < -0.3 is 9.84 Å². The molecule has 3 heteroatoms. The molecule has 0 aromatic heterocycles. The largest absolute Gasteiger partial charge is 0.459 e. The van der Waals surface area contributed by atoms with Gasteiger partial charge in [-0.3, -0.25) is 0 Å². The number of hydrogen-bond acceptors (Lipinski definition) is 3. The number of ether oxygens (including phenoxy) is 1. The molecule has 0 spiro atoms. The fraction of sp³-hybridized carbons (Fsp3) is 0.786. The van der Waals surface area contributed by atoms with Gasteiger partial charge in [0.1, 0.15) is 6.10 Å². The summed E-state index contributed by atoms with van der Waals surface area (Å²) in [5, 5.41) is 10.0. The lowest BCUT2D eigenvalue weighted by molar-refractivity contribution is -0.154. The van der Waals surface area contributed by atoms with Crippen LogP contribution in [0.3, 0.4) is 0 Å². The Balaban J connectivity index is 2.02. The van der Waals surface area contributed by atoms with E-state index >= 15 is 0 Å². The summed E-state index contributed by atoms with van der Waals surface area (Å²) >= 11 is 0. The van der Waals surface area contributed by atoms with Gasteiger partial charge >= 0.3 is 5.97 Å². The molecule has 0 aromatic rings. The monoisotopic (exact) mass is 238 g/mol. The molecule has 0 aromatic carbocycles. The molecular weight excluding hydrogens is 216 g/mol. The lowest BCUT2D eigenvalue weighted by Gasteiger charge is -2.43. The van der Waals surface area contributed by atoms with Crippen molar-refractivity contribution in [1.29, 1.82) is 0 Å². The summed E-state index contributed by atoms with van der Waals surface area (Å²) in [6.45, 7) is 5.29. The zero-order valence-electron chi connectivity index (χ0n) is 10.5. The molecule has 96 valence electrons. The van der Waals surface area contributed by atoms with Crippen molar-refractivity contribution in [2.24, 2.45) is 11.8 Å². The van der Waals surface area contributed by atoms with E-state index in [-0.39, 0.29) is 18.2 Å². The first-order valence-electron chi connectivity index (χ1n) is 6.64. The maximum absolute atomic E-state index is 11.6. The molecular formula is C14H22O3. The van der Waals surface area contributed by atoms with Gasteiger partial charge in [0.05, 0.1) is 6.10 Å². The summed E-state index contributed by atoms with van der Waals surface area (Å²) in [5.41, 5.74) is 0.462. The molecule has 0 radical (unpaired) electrons. The topological polar surface area (TPSA) is 46.5 Å². The second-order valence-electron chi connectivity index (χ2n) is 5.48. The van der Waals surface area contributed by atoms with Gasteiger partial charge in [-0.25, -0.2) is 4.79 Å². The van der Waals surface area contributed by atoms with E-state index in [1.807, 2.05) is 0 Å². The molecule has 3 nitrogen and oxygen atoms in total. The van der Waals surface area contributed by atoms with E-state index in [9.17, 15) is 9.90 Å². The molecule has 0 aliphatic heterocycles. The van der Waals surface area contributed by atoms with Crippen LogP contribution in [0.1, 0.15) is 45.4 Å². The van der Waals surface area contributed by atoms with Gasteiger partial charge in [0.25, 0.3) is 0 Å². The Kier molecular flexibility index (Phi) is 3.87. The van der Waals surface area contributed by atoms with Crippen molar-refractivity contribution < 1.29 is 14.6 Å². The molecule has 0 saturated heterocycles. The van der Waals surface area contributed by atoms with E-state index in [0.29, 0.717) is 17.4 Å². The maximum atomic E-state index is 11.6. The molecule has 2 fully saturated rings. The average molecular weight is 238 g/mol. The zero-order valence-corrected chi connectivity index (χ0v) is 10.5. The van der Waals surface area contributed by atoms with Gasteiger partial charge in [-0.05, 0) is 44.9 Å². The van der Waals surface area contributed by atoms with Gasteiger partial charge in [-0.15, -0.1) is 0 Å². The summed E-state index contributed by atoms with van der Waals surface area (Å²) in [7, 11) is 0. The third-order valence-electron chi connectivity index (χ3n) is 4.19. The summed E-state index contributed by atoms with van der Waals surface area (Å²) < 4.78 is 5.52. The molecule has 0 amide bonds. The van der Waals surface area contributed by atoms with Crippen molar-refractivity contribution in [3.8, 4) is 0 Å². The molecule has 2 aliphatic carbocycles. The SMILES string of the molecule is C=C(C)C(=O)OC1CCCC2C(O)CCCC12. The van der Waals surface area contributed by atoms with Crippen LogP contribution in [0.4, 0.5) is 0 Å². The van der Waals surface area contributed by atoms with Crippen LogP contribution in [0.25, 0.3) is 0 Å². The minimum absolute atomic E-state index is 0.00657. The second-order valence-corrected chi connectivity index (χ2v) is 5.48. The zero-order chi connectivity index (χ0) is 12.4. The predicted molar refractivity (Wildman–Crippen MR) is 65.4 cm³/mol. The summed E-state index contributed by atoms with van der Waals surface area (Å²) in [5.74, 6) is 0.409. The van der Waals surface area contributed by atoms with Gasteiger partial charge in [-0.2, -0.15) is 0 Å². The van der Waals surface area contributed by atoms with Gasteiger partial charge in [0.2, 0.25) is 0 Å². The Hall–Kier alpha value is -0.830. The number of hydrogen-bond donors (Lipinski definition) is 1. The van der Waals surface area contributed by atoms with Crippen LogP contribution in [0.15, 0.2) is 12.2 Å². The van der Waals surface area contributed by atoms with Crippen LogP contribution in [0.2, 0.25) is 0 Å². The van der Waals surface area contributed by atoms with Crippen LogP contribution >= 0.6 is 0 Å². The van der Waals surface area contributed by atoms with Crippen LogP contribution in [-0.4, -0.2) is 23.3 Å². The van der Waals surface area contributed by atoms with Crippen LogP contribution in [0, 0.1) is 11.8 Å². The Labute approximate surface area is 103 Å². The number of aliphatic hydroxyl groups is 1. The Morgan fingerprint density at radius 1 is 1.18 bits per heavy atom. The Bertz CT molecular complexity index is 311. The fourth-order valence-corrected chi connectivity index (χ4v) is 3.30. The molecule has 0 heterocycles. The number of aliphatic hydroxyl groups excluding tert-OH is 1. The summed E-state index contributed by atoms with van der Waals surface area (Å²) in [4.78, 5) is 11.6. The lowest BCUT2D eigenvalue weighted by Crippen LogP contribution is -2.43. The molecule has 2 saturated carbocycles. The number of rotatable bonds is 2. The molecule has 2 rings (SSSR count). The highest BCUT2D eigenvalue weighted by molar-refractivity contribution is 5.87.